The van der Waals surface area contributed by atoms with E-state index >= 15 is 0 Å². The molecule has 128 valence electrons. The lowest BCUT2D eigenvalue weighted by Crippen LogP contribution is -2.06. The fraction of sp³-hybridized carbons (Fsp3) is 0.500. The van der Waals surface area contributed by atoms with Crippen LogP contribution in [0.2, 0.25) is 0 Å². The maximum Gasteiger partial charge on any atom is 0.152 e. The van der Waals surface area contributed by atoms with Gasteiger partial charge >= 0.3 is 0 Å². The summed E-state index contributed by atoms with van der Waals surface area (Å²) in [6.07, 6.45) is 2.45. The number of carbonyl (C=O) groups is 1. The van der Waals surface area contributed by atoms with Crippen molar-refractivity contribution in [2.45, 2.75) is 53.4 Å². The van der Waals surface area contributed by atoms with Crippen LogP contribution in [0.3, 0.4) is 0 Å². The van der Waals surface area contributed by atoms with E-state index in [0.29, 0.717) is 25.0 Å². The van der Waals surface area contributed by atoms with E-state index in [0.717, 1.165) is 6.42 Å². The third kappa shape index (κ3) is 25.9. The van der Waals surface area contributed by atoms with Crippen LogP contribution in [-0.2, 0) is 4.79 Å². The van der Waals surface area contributed by atoms with E-state index in [1.165, 1.54) is 5.34 Å². The van der Waals surface area contributed by atoms with Gasteiger partial charge in [0.15, 0.2) is 5.34 Å². The van der Waals surface area contributed by atoms with Crippen LogP contribution in [0.25, 0.3) is 0 Å². The molecule has 0 bridgehead atoms. The average Bonchev–Trinajstić information content (AvgIpc) is 2.52. The minimum absolute atomic E-state index is 0. The summed E-state index contributed by atoms with van der Waals surface area (Å²) in [7, 11) is 0. The normalized spacial score (nSPS) is 7.73. The molecule has 0 aromatic heterocycles. The van der Waals surface area contributed by atoms with Gasteiger partial charge in [0.05, 0.1) is 5.71 Å². The van der Waals surface area contributed by atoms with E-state index in [9.17, 15) is 4.79 Å². The first-order chi connectivity index (χ1) is 10.6. The van der Waals surface area contributed by atoms with Gasteiger partial charge in [-0.05, 0) is 44.0 Å². The molecule has 0 amide bonds. The van der Waals surface area contributed by atoms with Gasteiger partial charge in [0.1, 0.15) is 5.78 Å². The Balaban J connectivity index is -0.0000000434. The Kier molecular flexibility index (Phi) is 25.7. The van der Waals surface area contributed by atoms with Crippen molar-refractivity contribution >= 4 is 11.5 Å². The molecule has 0 aromatic carbocycles. The molecule has 22 heavy (non-hydrogen) atoms. The van der Waals surface area contributed by atoms with Crippen LogP contribution < -0.4 is 0 Å². The molecule has 0 heterocycles. The van der Waals surface area contributed by atoms with Crippen molar-refractivity contribution in [3.8, 4) is 35.5 Å². The molecular formula is C16H30N2O4. The number of rotatable bonds is 5. The molecule has 0 saturated heterocycles. The fourth-order valence-corrected chi connectivity index (χ4v) is 1.00. The zero-order chi connectivity index (χ0) is 17.6. The van der Waals surface area contributed by atoms with Crippen LogP contribution in [0.15, 0.2) is 10.5 Å². The van der Waals surface area contributed by atoms with Crippen molar-refractivity contribution in [1.82, 2.24) is 0 Å². The summed E-state index contributed by atoms with van der Waals surface area (Å²) in [6, 6.07) is 0. The number of hydrogen-bond donors (Lipinski definition) is 2. The maximum atomic E-state index is 10.9. The number of nitrogens with zero attached hydrogens (tertiary/aromatic N) is 2. The molecular weight excluding hydrogens is 284 g/mol. The van der Waals surface area contributed by atoms with Crippen molar-refractivity contribution in [2.75, 3.05) is 0 Å². The number of Topliss-reactive ketones (excluding diaryl/α,β-unsaturated/α-hetero) is 1. The lowest BCUT2D eigenvalue weighted by Gasteiger charge is -1.98. The largest absolute Gasteiger partial charge is 0.411 e. The Labute approximate surface area is 137 Å². The second-order valence-corrected chi connectivity index (χ2v) is 3.57. The number of carbonyl (C=O) groups excluding carboxylic acids is 1. The first kappa shape index (κ1) is 24.3. The highest BCUT2D eigenvalue weighted by molar-refractivity contribution is 6.01. The van der Waals surface area contributed by atoms with Gasteiger partial charge in [-0.25, -0.2) is 0 Å². The highest BCUT2D eigenvalue weighted by atomic mass is 16.6. The van der Waals surface area contributed by atoms with Crippen LogP contribution >= 0.6 is 0 Å². The topological polar surface area (TPSA) is 99.3 Å². The summed E-state index contributed by atoms with van der Waals surface area (Å²) in [5.41, 5.74) is 0.597. The summed E-state index contributed by atoms with van der Waals surface area (Å²) >= 11 is 0. The van der Waals surface area contributed by atoms with Crippen molar-refractivity contribution < 1.29 is 20.9 Å². The molecule has 0 spiro atoms. The van der Waals surface area contributed by atoms with E-state index in [1.54, 1.807) is 13.8 Å². The van der Waals surface area contributed by atoms with Gasteiger partial charge in [-0.1, -0.05) is 37.3 Å². The number of ketones is 1. The summed E-state index contributed by atoms with van der Waals surface area (Å²) in [6.45, 7) is 7.28. The van der Waals surface area contributed by atoms with Crippen molar-refractivity contribution in [1.29, 1.82) is 0 Å². The second-order valence-electron chi connectivity index (χ2n) is 3.57. The molecule has 6 nitrogen and oxygen atoms in total. The Hall–Kier alpha value is -2.78. The minimum Gasteiger partial charge on any atom is -0.411 e. The monoisotopic (exact) mass is 314 g/mol. The fourth-order valence-electron chi connectivity index (χ4n) is 1.00. The quantitative estimate of drug-likeness (QED) is 0.262. The van der Waals surface area contributed by atoms with E-state index in [2.05, 4.69) is 40.7 Å². The van der Waals surface area contributed by atoms with E-state index < -0.39 is 0 Å². The molecule has 0 aliphatic heterocycles. The van der Waals surface area contributed by atoms with E-state index in [-0.39, 0.29) is 11.5 Å². The molecule has 0 aliphatic carbocycles. The van der Waals surface area contributed by atoms with Gasteiger partial charge in [-0.2, -0.15) is 0 Å². The average molecular weight is 314 g/mol. The zero-order valence-corrected chi connectivity index (χ0v) is 13.4. The van der Waals surface area contributed by atoms with Gasteiger partial charge in [0, 0.05) is 18.5 Å². The summed E-state index contributed by atoms with van der Waals surface area (Å²) in [4.78, 5) is 19.0. The van der Waals surface area contributed by atoms with Crippen LogP contribution in [-0.4, -0.2) is 21.9 Å². The first-order valence-corrected chi connectivity index (χ1v) is 6.59. The number of hydrogen-bond acceptors (Lipinski definition) is 5. The van der Waals surface area contributed by atoms with E-state index in [4.69, 9.17) is 15.3 Å². The van der Waals surface area contributed by atoms with E-state index in [1.807, 2.05) is 13.8 Å². The van der Waals surface area contributed by atoms with Gasteiger partial charge in [0.2, 0.25) is 0 Å². The Morgan fingerprint density at radius 1 is 1.05 bits per heavy atom. The molecule has 0 aliphatic rings. The molecule has 0 radical (unpaired) electrons. The summed E-state index contributed by atoms with van der Waals surface area (Å²) in [5.74, 6) is 15.6. The predicted octanol–water partition coefficient (Wildman–Crippen LogP) is 4.15. The molecule has 0 saturated carbocycles. The highest BCUT2D eigenvalue weighted by Crippen LogP contribution is 1.99. The standard InChI is InChI=1S/C8H15NO2.C8H6.HNO2.4H2/c1-3-5-7(9-11)6-8(10)4-2;1-3-5-7-8-6-4-2;2-1-3;;;;/h11H,3-6H2,1-2H3;1-2H3;(H,2,3);4*1H/b9-7-;;;;;;. The SMILES string of the molecule is CC#CC#CC#CC.CCC/C(CC(=O)CC)=N/O.O=NO.[HH].[HH].[HH].[HH]. The van der Waals surface area contributed by atoms with Crippen molar-refractivity contribution in [3.05, 3.63) is 4.91 Å². The molecule has 0 rings (SSSR count). The molecule has 0 unspecified atom stereocenters. The third-order valence-electron chi connectivity index (χ3n) is 1.91. The molecule has 6 heteroatoms. The molecule has 2 N–H and O–H groups in total. The van der Waals surface area contributed by atoms with Crippen molar-refractivity contribution in [2.24, 2.45) is 10.5 Å². The lowest BCUT2D eigenvalue weighted by atomic mass is 10.1. The Morgan fingerprint density at radius 2 is 1.50 bits per heavy atom. The van der Waals surface area contributed by atoms with Crippen LogP contribution in [0.1, 0.15) is 59.1 Å². The smallest absolute Gasteiger partial charge is 0.152 e. The van der Waals surface area contributed by atoms with Crippen molar-refractivity contribution in [3.63, 3.8) is 0 Å². The lowest BCUT2D eigenvalue weighted by molar-refractivity contribution is -0.117. The van der Waals surface area contributed by atoms with Gasteiger partial charge in [-0.15, -0.1) is 4.91 Å². The Morgan fingerprint density at radius 3 is 1.77 bits per heavy atom. The number of oxime groups is 1. The van der Waals surface area contributed by atoms with Crippen LogP contribution in [0.4, 0.5) is 0 Å². The van der Waals surface area contributed by atoms with Crippen LogP contribution in [0.5, 0.6) is 0 Å². The summed E-state index contributed by atoms with van der Waals surface area (Å²) < 4.78 is 0. The van der Waals surface area contributed by atoms with Gasteiger partial charge in [0.25, 0.3) is 0 Å². The molecule has 0 atom stereocenters. The first-order valence-electron chi connectivity index (χ1n) is 6.59. The Bertz CT molecular complexity index is 498. The minimum atomic E-state index is 0. The maximum absolute atomic E-state index is 10.9. The second kappa shape index (κ2) is 23.3. The third-order valence-corrected chi connectivity index (χ3v) is 1.91. The molecule has 0 fully saturated rings. The predicted molar refractivity (Wildman–Crippen MR) is 94.8 cm³/mol. The summed E-state index contributed by atoms with van der Waals surface area (Å²) in [5, 5.41) is 19.4. The van der Waals surface area contributed by atoms with Crippen LogP contribution in [0, 0.1) is 40.4 Å². The van der Waals surface area contributed by atoms with Gasteiger partial charge in [-0.3, -0.25) is 4.79 Å². The van der Waals surface area contributed by atoms with Gasteiger partial charge < -0.3 is 10.4 Å². The highest BCUT2D eigenvalue weighted by Gasteiger charge is 2.04. The molecule has 0 aromatic rings. The zero-order valence-electron chi connectivity index (χ0n) is 13.4.